The topological polar surface area (TPSA) is 75.5 Å². The summed E-state index contributed by atoms with van der Waals surface area (Å²) in [6, 6.07) is 3.27. The minimum atomic E-state index is -0.739. The molecule has 5 nitrogen and oxygen atoms in total. The molecule has 0 aliphatic carbocycles. The first-order valence-corrected chi connectivity index (χ1v) is 5.17. The molecule has 1 aromatic carbocycles. The smallest absolute Gasteiger partial charge is 0.419 e. The van der Waals surface area contributed by atoms with Crippen LogP contribution >= 0.6 is 11.6 Å². The van der Waals surface area contributed by atoms with Crippen molar-refractivity contribution in [3.05, 3.63) is 33.3 Å². The fourth-order valence-corrected chi connectivity index (χ4v) is 1.94. The van der Waals surface area contributed by atoms with E-state index in [0.717, 1.165) is 5.56 Å². The van der Waals surface area contributed by atoms with E-state index in [1.165, 1.54) is 7.11 Å². The van der Waals surface area contributed by atoms with Gasteiger partial charge in [-0.15, -0.1) is 0 Å². The van der Waals surface area contributed by atoms with Crippen LogP contribution in [0.2, 0.25) is 5.02 Å². The van der Waals surface area contributed by atoms with Crippen LogP contribution in [-0.4, -0.2) is 17.2 Å². The van der Waals surface area contributed by atoms with Crippen LogP contribution in [0.5, 0.6) is 11.6 Å². The molecule has 0 saturated heterocycles. The summed E-state index contributed by atoms with van der Waals surface area (Å²) < 4.78 is 10.1. The summed E-state index contributed by atoms with van der Waals surface area (Å²) in [5.41, 5.74) is 1.20. The second-order valence-electron chi connectivity index (χ2n) is 3.50. The minimum absolute atomic E-state index is 0.0115. The molecule has 0 atom stereocenters. The number of oxazole rings is 1. The van der Waals surface area contributed by atoms with Crippen LogP contribution in [0.25, 0.3) is 11.3 Å². The molecule has 2 N–H and O–H groups in total. The molecular formula is C11H10ClNO4. The molecule has 0 aliphatic heterocycles. The van der Waals surface area contributed by atoms with E-state index < -0.39 is 5.76 Å². The Kier molecular flexibility index (Phi) is 2.85. The molecule has 6 heteroatoms. The van der Waals surface area contributed by atoms with E-state index in [1.54, 1.807) is 19.1 Å². The molecule has 2 rings (SSSR count). The van der Waals surface area contributed by atoms with Crippen LogP contribution in [0.1, 0.15) is 5.56 Å². The molecule has 1 aromatic heterocycles. The number of H-pyrrole nitrogens is 1. The fourth-order valence-electron chi connectivity index (χ4n) is 1.67. The van der Waals surface area contributed by atoms with Gasteiger partial charge in [-0.05, 0) is 24.6 Å². The van der Waals surface area contributed by atoms with E-state index in [1.807, 2.05) is 0 Å². The standard InChI is InChI=1S/C11H10ClNO4/c1-5-3-6(12)4-7(8(5)16-2)9-10(14)13-11(15)17-9/h3-4,14H,1-2H3,(H,13,15). The van der Waals surface area contributed by atoms with Gasteiger partial charge in [0.2, 0.25) is 11.6 Å². The van der Waals surface area contributed by atoms with E-state index in [0.29, 0.717) is 16.3 Å². The summed E-state index contributed by atoms with van der Waals surface area (Å²) >= 11 is 5.92. The highest BCUT2D eigenvalue weighted by Crippen LogP contribution is 2.38. The molecule has 1 heterocycles. The number of aromatic amines is 1. The SMILES string of the molecule is COc1c(C)cc(Cl)cc1-c1oc(=O)[nH]c1O. The predicted octanol–water partition coefficient (Wildman–Crippen LogP) is 2.31. The summed E-state index contributed by atoms with van der Waals surface area (Å²) in [5.74, 6) is -0.586. The van der Waals surface area contributed by atoms with Gasteiger partial charge in [-0.1, -0.05) is 11.6 Å². The van der Waals surface area contributed by atoms with E-state index in [-0.39, 0.29) is 11.6 Å². The summed E-state index contributed by atoms with van der Waals surface area (Å²) in [6.45, 7) is 1.80. The van der Waals surface area contributed by atoms with Gasteiger partial charge in [-0.3, -0.25) is 4.98 Å². The maximum atomic E-state index is 11.0. The number of aromatic nitrogens is 1. The van der Waals surface area contributed by atoms with Gasteiger partial charge < -0.3 is 14.3 Å². The monoisotopic (exact) mass is 255 g/mol. The van der Waals surface area contributed by atoms with Gasteiger partial charge in [0, 0.05) is 5.02 Å². The summed E-state index contributed by atoms with van der Waals surface area (Å²) in [5, 5.41) is 10.00. The van der Waals surface area contributed by atoms with Gasteiger partial charge in [0.05, 0.1) is 12.7 Å². The van der Waals surface area contributed by atoms with E-state index >= 15 is 0 Å². The molecule has 0 saturated carbocycles. The lowest BCUT2D eigenvalue weighted by molar-refractivity contribution is 0.409. The van der Waals surface area contributed by atoms with E-state index in [2.05, 4.69) is 4.98 Å². The van der Waals surface area contributed by atoms with Gasteiger partial charge in [-0.2, -0.15) is 0 Å². The average Bonchev–Trinajstić information content (AvgIpc) is 2.56. The van der Waals surface area contributed by atoms with Gasteiger partial charge in [0.15, 0.2) is 0 Å². The highest BCUT2D eigenvalue weighted by atomic mass is 35.5. The second kappa shape index (κ2) is 4.18. The minimum Gasteiger partial charge on any atom is -0.496 e. The maximum Gasteiger partial charge on any atom is 0.419 e. The van der Waals surface area contributed by atoms with Crippen molar-refractivity contribution < 1.29 is 14.3 Å². The van der Waals surface area contributed by atoms with Crippen molar-refractivity contribution >= 4 is 11.6 Å². The third-order valence-electron chi connectivity index (χ3n) is 2.32. The van der Waals surface area contributed by atoms with Gasteiger partial charge >= 0.3 is 5.76 Å². The zero-order valence-corrected chi connectivity index (χ0v) is 9.96. The summed E-state index contributed by atoms with van der Waals surface area (Å²) in [4.78, 5) is 13.1. The van der Waals surface area contributed by atoms with Crippen LogP contribution in [0.15, 0.2) is 21.3 Å². The first-order chi connectivity index (χ1) is 8.02. The molecule has 0 bridgehead atoms. The highest BCUT2D eigenvalue weighted by Gasteiger charge is 2.18. The van der Waals surface area contributed by atoms with Crippen molar-refractivity contribution in [3.63, 3.8) is 0 Å². The number of hydrogen-bond donors (Lipinski definition) is 2. The lowest BCUT2D eigenvalue weighted by Crippen LogP contribution is -1.93. The Morgan fingerprint density at radius 1 is 1.47 bits per heavy atom. The third kappa shape index (κ3) is 2.01. The molecule has 90 valence electrons. The first-order valence-electron chi connectivity index (χ1n) is 4.79. The Balaban J connectivity index is 2.74. The van der Waals surface area contributed by atoms with Crippen LogP contribution < -0.4 is 10.5 Å². The molecule has 0 aliphatic rings. The molecule has 0 fully saturated rings. The molecule has 0 amide bonds. The second-order valence-corrected chi connectivity index (χ2v) is 3.93. The molecular weight excluding hydrogens is 246 g/mol. The van der Waals surface area contributed by atoms with Crippen LogP contribution in [0.4, 0.5) is 0 Å². The zero-order chi connectivity index (χ0) is 12.6. The summed E-state index contributed by atoms with van der Waals surface area (Å²) in [7, 11) is 1.49. The number of halogens is 1. The van der Waals surface area contributed by atoms with Crippen LogP contribution in [0, 0.1) is 6.92 Å². The van der Waals surface area contributed by atoms with E-state index in [4.69, 9.17) is 20.8 Å². The van der Waals surface area contributed by atoms with Crippen LogP contribution in [-0.2, 0) is 0 Å². The first kappa shape index (κ1) is 11.6. The molecule has 0 spiro atoms. The molecule has 17 heavy (non-hydrogen) atoms. The van der Waals surface area contributed by atoms with Crippen molar-refractivity contribution in [3.8, 4) is 23.0 Å². The number of methoxy groups -OCH3 is 1. The Labute approximate surface area is 102 Å². The quantitative estimate of drug-likeness (QED) is 0.863. The lowest BCUT2D eigenvalue weighted by Gasteiger charge is -2.10. The lowest BCUT2D eigenvalue weighted by atomic mass is 10.1. The maximum absolute atomic E-state index is 11.0. The number of ether oxygens (including phenoxy) is 1. The molecule has 0 unspecified atom stereocenters. The largest absolute Gasteiger partial charge is 0.496 e. The third-order valence-corrected chi connectivity index (χ3v) is 2.54. The van der Waals surface area contributed by atoms with Gasteiger partial charge in [-0.25, -0.2) is 4.79 Å². The molecule has 0 radical (unpaired) electrons. The van der Waals surface area contributed by atoms with Crippen molar-refractivity contribution in [2.45, 2.75) is 6.92 Å². The van der Waals surface area contributed by atoms with Crippen molar-refractivity contribution in [2.24, 2.45) is 0 Å². The number of rotatable bonds is 2. The number of hydrogen-bond acceptors (Lipinski definition) is 4. The number of benzene rings is 1. The fraction of sp³-hybridized carbons (Fsp3) is 0.182. The highest BCUT2D eigenvalue weighted by molar-refractivity contribution is 6.31. The average molecular weight is 256 g/mol. The number of nitrogens with one attached hydrogen (secondary N) is 1. The number of aromatic hydroxyl groups is 1. The van der Waals surface area contributed by atoms with Crippen molar-refractivity contribution in [1.29, 1.82) is 0 Å². The Hall–Kier alpha value is -1.88. The molecule has 2 aromatic rings. The van der Waals surface area contributed by atoms with Gasteiger partial charge in [0.25, 0.3) is 0 Å². The normalized spacial score (nSPS) is 10.5. The zero-order valence-electron chi connectivity index (χ0n) is 9.20. The summed E-state index contributed by atoms with van der Waals surface area (Å²) in [6.07, 6.45) is 0. The van der Waals surface area contributed by atoms with Crippen molar-refractivity contribution in [2.75, 3.05) is 7.11 Å². The van der Waals surface area contributed by atoms with Crippen molar-refractivity contribution in [1.82, 2.24) is 4.98 Å². The van der Waals surface area contributed by atoms with E-state index in [9.17, 15) is 9.90 Å². The number of aryl methyl sites for hydroxylation is 1. The van der Waals surface area contributed by atoms with Crippen LogP contribution in [0.3, 0.4) is 0 Å². The van der Waals surface area contributed by atoms with Gasteiger partial charge in [0.1, 0.15) is 5.75 Å². The predicted molar refractivity (Wildman–Crippen MR) is 62.7 cm³/mol. The Bertz CT molecular complexity index is 614. The Morgan fingerprint density at radius 2 is 2.18 bits per heavy atom. The Morgan fingerprint density at radius 3 is 2.71 bits per heavy atom.